The highest BCUT2D eigenvalue weighted by Gasteiger charge is 2.38. The van der Waals surface area contributed by atoms with Gasteiger partial charge < -0.3 is 10.8 Å². The zero-order valence-electron chi connectivity index (χ0n) is 8.76. The van der Waals surface area contributed by atoms with Crippen molar-refractivity contribution in [1.29, 1.82) is 0 Å². The van der Waals surface area contributed by atoms with Crippen LogP contribution < -0.4 is 5.73 Å². The Labute approximate surface area is 93.9 Å². The summed E-state index contributed by atoms with van der Waals surface area (Å²) in [7, 11) is 0. The van der Waals surface area contributed by atoms with Gasteiger partial charge in [-0.2, -0.15) is 0 Å². The fourth-order valence-electron chi connectivity index (χ4n) is 1.85. The average Bonchev–Trinajstić information content (AvgIpc) is 2.30. The van der Waals surface area contributed by atoms with Crippen LogP contribution in [0.2, 0.25) is 0 Å². The van der Waals surface area contributed by atoms with Crippen molar-refractivity contribution in [1.82, 2.24) is 0 Å². The van der Waals surface area contributed by atoms with Crippen molar-refractivity contribution in [2.45, 2.75) is 12.0 Å². The van der Waals surface area contributed by atoms with E-state index in [1.807, 2.05) is 36.4 Å². The minimum absolute atomic E-state index is 0.322. The van der Waals surface area contributed by atoms with Crippen molar-refractivity contribution in [2.24, 2.45) is 5.73 Å². The van der Waals surface area contributed by atoms with E-state index in [9.17, 15) is 9.90 Å². The van der Waals surface area contributed by atoms with E-state index in [0.29, 0.717) is 12.0 Å². The molecule has 3 nitrogen and oxygen atoms in total. The summed E-state index contributed by atoms with van der Waals surface area (Å²) in [4.78, 5) is 11.3. The van der Waals surface area contributed by atoms with E-state index < -0.39 is 11.5 Å². The SMILES string of the molecule is NC1(C(=O)O)CC=CC=C1c1ccccc1. The number of rotatable bonds is 2. The summed E-state index contributed by atoms with van der Waals surface area (Å²) in [6.07, 6.45) is 5.72. The summed E-state index contributed by atoms with van der Waals surface area (Å²) in [6, 6.07) is 9.38. The Hall–Kier alpha value is -1.87. The molecule has 3 heteroatoms. The van der Waals surface area contributed by atoms with Crippen LogP contribution in [0.25, 0.3) is 5.57 Å². The minimum atomic E-state index is -1.31. The first kappa shape index (κ1) is 10.6. The van der Waals surface area contributed by atoms with E-state index in [1.54, 1.807) is 12.2 Å². The smallest absolute Gasteiger partial charge is 0.328 e. The molecule has 0 spiro atoms. The molecular formula is C13H13NO2. The van der Waals surface area contributed by atoms with Crippen LogP contribution in [0, 0.1) is 0 Å². The number of hydrogen-bond donors (Lipinski definition) is 2. The summed E-state index contributed by atoms with van der Waals surface area (Å²) >= 11 is 0. The number of carboxylic acids is 1. The van der Waals surface area contributed by atoms with Gasteiger partial charge in [0.25, 0.3) is 0 Å². The van der Waals surface area contributed by atoms with Crippen molar-refractivity contribution in [3.8, 4) is 0 Å². The van der Waals surface area contributed by atoms with Gasteiger partial charge in [0, 0.05) is 0 Å². The molecule has 1 aliphatic rings. The average molecular weight is 215 g/mol. The second-order valence-corrected chi connectivity index (χ2v) is 3.86. The molecule has 3 N–H and O–H groups in total. The van der Waals surface area contributed by atoms with E-state index in [-0.39, 0.29) is 0 Å². The highest BCUT2D eigenvalue weighted by atomic mass is 16.4. The van der Waals surface area contributed by atoms with Gasteiger partial charge in [-0.05, 0) is 17.6 Å². The first-order valence-electron chi connectivity index (χ1n) is 5.09. The van der Waals surface area contributed by atoms with Crippen molar-refractivity contribution < 1.29 is 9.90 Å². The third-order valence-corrected chi connectivity index (χ3v) is 2.79. The molecule has 0 radical (unpaired) electrons. The fourth-order valence-corrected chi connectivity index (χ4v) is 1.85. The van der Waals surface area contributed by atoms with Gasteiger partial charge in [0.05, 0.1) is 0 Å². The minimum Gasteiger partial charge on any atom is -0.480 e. The highest BCUT2D eigenvalue weighted by Crippen LogP contribution is 2.31. The summed E-state index contributed by atoms with van der Waals surface area (Å²) < 4.78 is 0. The first-order valence-corrected chi connectivity index (χ1v) is 5.09. The van der Waals surface area contributed by atoms with Crippen LogP contribution >= 0.6 is 0 Å². The molecule has 1 unspecified atom stereocenters. The lowest BCUT2D eigenvalue weighted by Gasteiger charge is -2.29. The molecular weight excluding hydrogens is 202 g/mol. The molecule has 82 valence electrons. The van der Waals surface area contributed by atoms with Crippen LogP contribution in [0.15, 0.2) is 48.6 Å². The van der Waals surface area contributed by atoms with E-state index in [0.717, 1.165) is 5.56 Å². The largest absolute Gasteiger partial charge is 0.480 e. The summed E-state index contributed by atoms with van der Waals surface area (Å²) in [5, 5.41) is 9.23. The third-order valence-electron chi connectivity index (χ3n) is 2.79. The molecule has 0 fully saturated rings. The first-order chi connectivity index (χ1) is 7.64. The van der Waals surface area contributed by atoms with Crippen LogP contribution in [0.3, 0.4) is 0 Å². The maximum atomic E-state index is 11.3. The highest BCUT2D eigenvalue weighted by molar-refractivity contribution is 5.97. The molecule has 2 rings (SSSR count). The predicted molar refractivity (Wildman–Crippen MR) is 62.7 cm³/mol. The molecule has 0 bridgehead atoms. The number of benzene rings is 1. The quantitative estimate of drug-likeness (QED) is 0.790. The Balaban J connectivity index is 2.49. The lowest BCUT2D eigenvalue weighted by molar-refractivity contribution is -0.140. The molecule has 0 aromatic heterocycles. The third kappa shape index (κ3) is 1.66. The van der Waals surface area contributed by atoms with Crippen molar-refractivity contribution in [3.63, 3.8) is 0 Å². The Bertz CT molecular complexity index is 462. The lowest BCUT2D eigenvalue weighted by Crippen LogP contribution is -2.49. The van der Waals surface area contributed by atoms with Gasteiger partial charge in [-0.3, -0.25) is 0 Å². The van der Waals surface area contributed by atoms with Gasteiger partial charge in [0.15, 0.2) is 0 Å². The Morgan fingerprint density at radius 2 is 2.00 bits per heavy atom. The van der Waals surface area contributed by atoms with Crippen LogP contribution in [-0.4, -0.2) is 16.6 Å². The molecule has 1 aliphatic carbocycles. The monoisotopic (exact) mass is 215 g/mol. The Kier molecular flexibility index (Phi) is 2.62. The predicted octanol–water partition coefficient (Wildman–Crippen LogP) is 1.81. The Morgan fingerprint density at radius 1 is 1.31 bits per heavy atom. The van der Waals surface area contributed by atoms with Gasteiger partial charge in [0.1, 0.15) is 5.54 Å². The number of carboxylic acid groups (broad SMARTS) is 1. The topological polar surface area (TPSA) is 63.3 Å². The number of allylic oxidation sites excluding steroid dienone is 2. The van der Waals surface area contributed by atoms with Crippen molar-refractivity contribution >= 4 is 11.5 Å². The van der Waals surface area contributed by atoms with Crippen molar-refractivity contribution in [2.75, 3.05) is 0 Å². The normalized spacial score (nSPS) is 23.9. The number of aliphatic carboxylic acids is 1. The van der Waals surface area contributed by atoms with Gasteiger partial charge in [-0.1, -0.05) is 48.6 Å². The zero-order valence-corrected chi connectivity index (χ0v) is 8.76. The summed E-state index contributed by atoms with van der Waals surface area (Å²) in [6.45, 7) is 0. The summed E-state index contributed by atoms with van der Waals surface area (Å²) in [5.41, 5.74) is 6.16. The standard InChI is InChI=1S/C13H13NO2/c14-13(12(15)16)9-5-4-8-11(13)10-6-2-1-3-7-10/h1-8H,9,14H2,(H,15,16). The zero-order chi connectivity index (χ0) is 11.6. The molecule has 0 saturated carbocycles. The number of nitrogens with two attached hydrogens (primary N) is 1. The Morgan fingerprint density at radius 3 is 2.62 bits per heavy atom. The molecule has 1 atom stereocenters. The van der Waals surface area contributed by atoms with E-state index in [4.69, 9.17) is 5.73 Å². The van der Waals surface area contributed by atoms with E-state index in [1.165, 1.54) is 0 Å². The van der Waals surface area contributed by atoms with Crippen LogP contribution in [0.4, 0.5) is 0 Å². The van der Waals surface area contributed by atoms with E-state index >= 15 is 0 Å². The maximum absolute atomic E-state index is 11.3. The second-order valence-electron chi connectivity index (χ2n) is 3.86. The second kappa shape index (κ2) is 3.94. The lowest BCUT2D eigenvalue weighted by atomic mass is 9.80. The van der Waals surface area contributed by atoms with Gasteiger partial charge in [0.2, 0.25) is 0 Å². The molecule has 0 heterocycles. The molecule has 1 aromatic carbocycles. The molecule has 0 aliphatic heterocycles. The maximum Gasteiger partial charge on any atom is 0.328 e. The molecule has 0 saturated heterocycles. The van der Waals surface area contributed by atoms with Crippen LogP contribution in [-0.2, 0) is 4.79 Å². The molecule has 0 amide bonds. The van der Waals surface area contributed by atoms with Crippen molar-refractivity contribution in [3.05, 3.63) is 54.1 Å². The van der Waals surface area contributed by atoms with E-state index in [2.05, 4.69) is 0 Å². The fraction of sp³-hybridized carbons (Fsp3) is 0.154. The summed E-state index contributed by atoms with van der Waals surface area (Å²) in [5.74, 6) is -0.994. The molecule has 16 heavy (non-hydrogen) atoms. The van der Waals surface area contributed by atoms with Gasteiger partial charge >= 0.3 is 5.97 Å². The van der Waals surface area contributed by atoms with Crippen LogP contribution in [0.5, 0.6) is 0 Å². The number of carbonyl (C=O) groups is 1. The van der Waals surface area contributed by atoms with Gasteiger partial charge in [-0.25, -0.2) is 4.79 Å². The van der Waals surface area contributed by atoms with Gasteiger partial charge in [-0.15, -0.1) is 0 Å². The molecule has 1 aromatic rings. The number of hydrogen-bond acceptors (Lipinski definition) is 2. The van der Waals surface area contributed by atoms with Crippen LogP contribution in [0.1, 0.15) is 12.0 Å².